The zero-order chi connectivity index (χ0) is 15.7. The maximum atomic E-state index is 10.7. The van der Waals surface area contributed by atoms with Gasteiger partial charge in [0.15, 0.2) is 0 Å². The zero-order valence-electron chi connectivity index (χ0n) is 14.0. The first-order valence-corrected chi connectivity index (χ1v) is 7.62. The van der Waals surface area contributed by atoms with E-state index in [0.29, 0.717) is 6.42 Å². The van der Waals surface area contributed by atoms with Gasteiger partial charge in [0.25, 0.3) is 0 Å². The van der Waals surface area contributed by atoms with E-state index in [1.807, 2.05) is 0 Å². The molecular formula is C20H26O. The fourth-order valence-electron chi connectivity index (χ4n) is 3.54. The third-order valence-corrected chi connectivity index (χ3v) is 4.31. The van der Waals surface area contributed by atoms with Crippen molar-refractivity contribution in [2.45, 2.75) is 54.1 Å². The van der Waals surface area contributed by atoms with Gasteiger partial charge in [-0.1, -0.05) is 35.4 Å². The maximum Gasteiger partial charge on any atom is 0.0835 e. The lowest BCUT2D eigenvalue weighted by Crippen LogP contribution is -2.09. The van der Waals surface area contributed by atoms with Crippen LogP contribution in [0, 0.1) is 41.5 Å². The van der Waals surface area contributed by atoms with Crippen molar-refractivity contribution in [2.75, 3.05) is 0 Å². The molecule has 0 aliphatic rings. The Balaban J connectivity index is 2.37. The molecule has 0 heterocycles. The van der Waals surface area contributed by atoms with Crippen LogP contribution in [0.25, 0.3) is 0 Å². The first kappa shape index (κ1) is 15.8. The lowest BCUT2D eigenvalue weighted by molar-refractivity contribution is 0.176. The Labute approximate surface area is 128 Å². The molecule has 0 fully saturated rings. The lowest BCUT2D eigenvalue weighted by Gasteiger charge is -2.20. The normalized spacial score (nSPS) is 12.5. The van der Waals surface area contributed by atoms with E-state index in [9.17, 15) is 5.11 Å². The van der Waals surface area contributed by atoms with Gasteiger partial charge in [-0.3, -0.25) is 0 Å². The Kier molecular flexibility index (Phi) is 4.53. The molecular weight excluding hydrogens is 256 g/mol. The summed E-state index contributed by atoms with van der Waals surface area (Å²) in [7, 11) is 0. The molecule has 0 aliphatic carbocycles. The maximum absolute atomic E-state index is 10.7. The van der Waals surface area contributed by atoms with Crippen LogP contribution in [0.3, 0.4) is 0 Å². The number of aliphatic hydroxyl groups excluding tert-OH is 1. The Hall–Kier alpha value is -1.60. The second-order valence-corrected chi connectivity index (χ2v) is 6.41. The fourth-order valence-corrected chi connectivity index (χ4v) is 3.54. The van der Waals surface area contributed by atoms with E-state index < -0.39 is 6.10 Å². The van der Waals surface area contributed by atoms with Gasteiger partial charge < -0.3 is 5.11 Å². The minimum atomic E-state index is -0.439. The van der Waals surface area contributed by atoms with E-state index in [-0.39, 0.29) is 0 Å². The van der Waals surface area contributed by atoms with Crippen molar-refractivity contribution < 1.29 is 5.11 Å². The number of benzene rings is 2. The monoisotopic (exact) mass is 282 g/mol. The van der Waals surface area contributed by atoms with Gasteiger partial charge in [0, 0.05) is 6.42 Å². The summed E-state index contributed by atoms with van der Waals surface area (Å²) in [4.78, 5) is 0. The number of aryl methyl sites for hydroxylation is 6. The van der Waals surface area contributed by atoms with Crippen molar-refractivity contribution in [1.82, 2.24) is 0 Å². The smallest absolute Gasteiger partial charge is 0.0835 e. The topological polar surface area (TPSA) is 20.2 Å². The SMILES string of the molecule is Cc1cc(C)c(CC(O)c2c(C)cc(C)cc2C)c(C)c1. The first-order valence-electron chi connectivity index (χ1n) is 7.62. The molecule has 0 bridgehead atoms. The highest BCUT2D eigenvalue weighted by atomic mass is 16.3. The number of hydrogen-bond acceptors (Lipinski definition) is 1. The van der Waals surface area contributed by atoms with Crippen LogP contribution in [0.2, 0.25) is 0 Å². The number of rotatable bonds is 3. The van der Waals surface area contributed by atoms with Crippen LogP contribution in [0.15, 0.2) is 24.3 Å². The largest absolute Gasteiger partial charge is 0.388 e. The summed E-state index contributed by atoms with van der Waals surface area (Å²) in [6.07, 6.45) is 0.244. The predicted molar refractivity (Wildman–Crippen MR) is 90.0 cm³/mol. The van der Waals surface area contributed by atoms with Crippen LogP contribution in [-0.4, -0.2) is 5.11 Å². The summed E-state index contributed by atoms with van der Waals surface area (Å²) in [5.74, 6) is 0. The lowest BCUT2D eigenvalue weighted by atomic mass is 9.89. The molecule has 0 aromatic heterocycles. The molecule has 1 atom stereocenters. The van der Waals surface area contributed by atoms with Gasteiger partial charge in [-0.15, -0.1) is 0 Å². The summed E-state index contributed by atoms with van der Waals surface area (Å²) < 4.78 is 0. The van der Waals surface area contributed by atoms with Crippen molar-refractivity contribution in [3.8, 4) is 0 Å². The Bertz CT molecular complexity index is 622. The summed E-state index contributed by atoms with van der Waals surface area (Å²) in [6, 6.07) is 8.70. The van der Waals surface area contributed by atoms with Crippen LogP contribution in [0.5, 0.6) is 0 Å². The molecule has 0 amide bonds. The van der Waals surface area contributed by atoms with Crippen molar-refractivity contribution in [3.63, 3.8) is 0 Å². The van der Waals surface area contributed by atoms with E-state index in [2.05, 4.69) is 65.8 Å². The third kappa shape index (κ3) is 3.36. The van der Waals surface area contributed by atoms with E-state index in [0.717, 1.165) is 5.56 Å². The molecule has 2 aromatic carbocycles. The van der Waals surface area contributed by atoms with Crippen molar-refractivity contribution in [1.29, 1.82) is 0 Å². The van der Waals surface area contributed by atoms with Crippen molar-refractivity contribution >= 4 is 0 Å². The highest BCUT2D eigenvalue weighted by molar-refractivity contribution is 5.42. The molecule has 0 aliphatic heterocycles. The summed E-state index contributed by atoms with van der Waals surface area (Å²) >= 11 is 0. The molecule has 0 spiro atoms. The van der Waals surface area contributed by atoms with E-state index in [1.54, 1.807) is 0 Å². The minimum Gasteiger partial charge on any atom is -0.388 e. The third-order valence-electron chi connectivity index (χ3n) is 4.31. The van der Waals surface area contributed by atoms with Crippen LogP contribution < -0.4 is 0 Å². The summed E-state index contributed by atoms with van der Waals surface area (Å²) in [5, 5.41) is 10.7. The molecule has 2 aromatic rings. The van der Waals surface area contributed by atoms with Gasteiger partial charge in [-0.05, 0) is 74.9 Å². The van der Waals surface area contributed by atoms with Crippen LogP contribution in [0.4, 0.5) is 0 Å². The Morgan fingerprint density at radius 3 is 1.52 bits per heavy atom. The zero-order valence-corrected chi connectivity index (χ0v) is 14.0. The first-order chi connectivity index (χ1) is 9.79. The molecule has 0 radical (unpaired) electrons. The quantitative estimate of drug-likeness (QED) is 0.856. The van der Waals surface area contributed by atoms with Gasteiger partial charge in [0.05, 0.1) is 6.10 Å². The van der Waals surface area contributed by atoms with E-state index in [4.69, 9.17) is 0 Å². The van der Waals surface area contributed by atoms with Gasteiger partial charge in [0.1, 0.15) is 0 Å². The summed E-state index contributed by atoms with van der Waals surface area (Å²) in [6.45, 7) is 12.7. The molecule has 1 nitrogen and oxygen atoms in total. The second-order valence-electron chi connectivity index (χ2n) is 6.41. The molecule has 0 saturated heterocycles. The van der Waals surface area contributed by atoms with E-state index >= 15 is 0 Å². The minimum absolute atomic E-state index is 0.439. The van der Waals surface area contributed by atoms with Crippen LogP contribution in [0.1, 0.15) is 50.6 Å². The standard InChI is InChI=1S/C20H26O/c1-12-7-14(3)18(15(4)8-12)11-19(21)20-16(5)9-13(2)10-17(20)6/h7-10,19,21H,11H2,1-6H3. The molecule has 21 heavy (non-hydrogen) atoms. The van der Waals surface area contributed by atoms with Crippen molar-refractivity contribution in [2.24, 2.45) is 0 Å². The number of aliphatic hydroxyl groups is 1. The molecule has 0 saturated carbocycles. The highest BCUT2D eigenvalue weighted by Crippen LogP contribution is 2.28. The van der Waals surface area contributed by atoms with Gasteiger partial charge in [0.2, 0.25) is 0 Å². The average Bonchev–Trinajstić information content (AvgIpc) is 2.32. The van der Waals surface area contributed by atoms with Gasteiger partial charge >= 0.3 is 0 Å². The number of hydrogen-bond donors (Lipinski definition) is 1. The van der Waals surface area contributed by atoms with Gasteiger partial charge in [-0.2, -0.15) is 0 Å². The highest BCUT2D eigenvalue weighted by Gasteiger charge is 2.16. The average molecular weight is 282 g/mol. The predicted octanol–water partition coefficient (Wildman–Crippen LogP) is 4.81. The fraction of sp³-hybridized carbons (Fsp3) is 0.400. The molecule has 2 rings (SSSR count). The van der Waals surface area contributed by atoms with E-state index in [1.165, 1.54) is 38.9 Å². The molecule has 1 N–H and O–H groups in total. The Morgan fingerprint density at radius 2 is 1.10 bits per heavy atom. The van der Waals surface area contributed by atoms with Crippen LogP contribution in [-0.2, 0) is 6.42 Å². The van der Waals surface area contributed by atoms with Crippen LogP contribution >= 0.6 is 0 Å². The summed E-state index contributed by atoms with van der Waals surface area (Å²) in [5.41, 5.74) is 9.80. The van der Waals surface area contributed by atoms with Crippen molar-refractivity contribution in [3.05, 3.63) is 68.8 Å². The molecule has 1 unspecified atom stereocenters. The Morgan fingerprint density at radius 1 is 0.714 bits per heavy atom. The molecule has 1 heteroatoms. The second kappa shape index (κ2) is 6.03. The molecule has 112 valence electrons. The van der Waals surface area contributed by atoms with Gasteiger partial charge in [-0.25, -0.2) is 0 Å².